The molecule has 0 aliphatic rings. The quantitative estimate of drug-likeness (QED) is 0.173. The van der Waals surface area contributed by atoms with Gasteiger partial charge in [0, 0.05) is 33.9 Å². The normalized spacial score (nSPS) is 11.2. The Morgan fingerprint density at radius 2 is 0.640 bits per heavy atom. The van der Waals surface area contributed by atoms with Crippen LogP contribution in [0.25, 0.3) is 66.4 Å². The van der Waals surface area contributed by atoms with Crippen LogP contribution in [0.1, 0.15) is 0 Å². The van der Waals surface area contributed by atoms with E-state index in [0.717, 1.165) is 44.6 Å². The maximum absolute atomic E-state index is 6.34. The average molecular weight is 640 g/mol. The van der Waals surface area contributed by atoms with Crippen molar-refractivity contribution in [3.8, 4) is 44.5 Å². The minimum atomic E-state index is 0.873. The van der Waals surface area contributed by atoms with Crippen molar-refractivity contribution in [3.63, 3.8) is 0 Å². The van der Waals surface area contributed by atoms with Gasteiger partial charge in [-0.1, -0.05) is 133 Å². The molecule has 1 aromatic heterocycles. The second-order valence-electron chi connectivity index (χ2n) is 12.6. The van der Waals surface area contributed by atoms with Crippen molar-refractivity contribution in [2.75, 3.05) is 4.90 Å². The van der Waals surface area contributed by atoms with E-state index in [-0.39, 0.29) is 0 Å². The molecule has 0 bridgehead atoms. The van der Waals surface area contributed by atoms with E-state index in [1.54, 1.807) is 0 Å². The molecule has 0 saturated heterocycles. The Morgan fingerprint density at radius 1 is 0.260 bits per heavy atom. The lowest BCUT2D eigenvalue weighted by atomic mass is 9.93. The molecule has 2 nitrogen and oxygen atoms in total. The van der Waals surface area contributed by atoms with Gasteiger partial charge in [0.2, 0.25) is 0 Å². The van der Waals surface area contributed by atoms with Crippen LogP contribution >= 0.6 is 0 Å². The fourth-order valence-electron chi connectivity index (χ4n) is 6.93. The van der Waals surface area contributed by atoms with Crippen LogP contribution in [0.2, 0.25) is 0 Å². The van der Waals surface area contributed by atoms with Crippen molar-refractivity contribution in [2.45, 2.75) is 0 Å². The summed E-state index contributed by atoms with van der Waals surface area (Å²) in [6.45, 7) is 0. The number of fused-ring (bicyclic) bond motifs is 3. The summed E-state index contributed by atoms with van der Waals surface area (Å²) in [5.41, 5.74) is 14.5. The van der Waals surface area contributed by atoms with Gasteiger partial charge in [-0.2, -0.15) is 0 Å². The van der Waals surface area contributed by atoms with E-state index in [1.165, 1.54) is 38.9 Å². The number of para-hydroxylation sites is 1. The van der Waals surface area contributed by atoms with Crippen LogP contribution in [0.3, 0.4) is 0 Å². The maximum atomic E-state index is 6.34. The van der Waals surface area contributed by atoms with Gasteiger partial charge >= 0.3 is 0 Å². The van der Waals surface area contributed by atoms with E-state index in [0.29, 0.717) is 0 Å². The van der Waals surface area contributed by atoms with E-state index in [1.807, 2.05) is 12.1 Å². The van der Waals surface area contributed by atoms with Crippen molar-refractivity contribution in [2.24, 2.45) is 0 Å². The van der Waals surface area contributed by atoms with Crippen molar-refractivity contribution in [1.29, 1.82) is 0 Å². The van der Waals surface area contributed by atoms with Crippen molar-refractivity contribution < 1.29 is 4.42 Å². The summed E-state index contributed by atoms with van der Waals surface area (Å²) >= 11 is 0. The molecule has 0 unspecified atom stereocenters. The molecule has 0 spiro atoms. The fourth-order valence-corrected chi connectivity index (χ4v) is 6.93. The average Bonchev–Trinajstić information content (AvgIpc) is 3.57. The third-order valence-corrected chi connectivity index (χ3v) is 9.46. The lowest BCUT2D eigenvalue weighted by molar-refractivity contribution is 0.669. The molecule has 2 heteroatoms. The maximum Gasteiger partial charge on any atom is 0.137 e. The lowest BCUT2D eigenvalue weighted by Crippen LogP contribution is -2.09. The number of furan rings is 1. The summed E-state index contributed by atoms with van der Waals surface area (Å²) < 4.78 is 6.34. The van der Waals surface area contributed by atoms with E-state index in [9.17, 15) is 0 Å². The Hall–Kier alpha value is -6.64. The molecule has 0 fully saturated rings. The summed E-state index contributed by atoms with van der Waals surface area (Å²) in [6.07, 6.45) is 0. The number of nitrogens with zero attached hydrogens (tertiary/aromatic N) is 1. The van der Waals surface area contributed by atoms with Gasteiger partial charge in [-0.25, -0.2) is 0 Å². The van der Waals surface area contributed by atoms with Crippen molar-refractivity contribution in [3.05, 3.63) is 200 Å². The Balaban J connectivity index is 1.14. The number of hydrogen-bond donors (Lipinski definition) is 0. The minimum absolute atomic E-state index is 0.873. The van der Waals surface area contributed by atoms with E-state index >= 15 is 0 Å². The molecule has 0 atom stereocenters. The van der Waals surface area contributed by atoms with Crippen LogP contribution in [0.4, 0.5) is 17.1 Å². The van der Waals surface area contributed by atoms with Crippen molar-refractivity contribution in [1.82, 2.24) is 0 Å². The van der Waals surface area contributed by atoms with Gasteiger partial charge in [-0.15, -0.1) is 0 Å². The SMILES string of the molecule is c1ccc(-c2ccc(N(c3ccc(-c4cc(-c5ccccc5)cc(-c5ccccc5)c4)cc3)c3ccc4c(c3)oc3ccccc34)cc2)cc1. The molecule has 9 rings (SSSR count). The topological polar surface area (TPSA) is 16.4 Å². The fraction of sp³-hybridized carbons (Fsp3) is 0. The number of hydrogen-bond acceptors (Lipinski definition) is 2. The van der Waals surface area contributed by atoms with Crippen LogP contribution < -0.4 is 4.90 Å². The molecule has 0 aliphatic carbocycles. The molecule has 236 valence electrons. The molecule has 50 heavy (non-hydrogen) atoms. The molecule has 0 radical (unpaired) electrons. The lowest BCUT2D eigenvalue weighted by Gasteiger charge is -2.26. The Labute approximate surface area is 292 Å². The van der Waals surface area contributed by atoms with Crippen LogP contribution in [-0.4, -0.2) is 0 Å². The summed E-state index contributed by atoms with van der Waals surface area (Å²) in [7, 11) is 0. The Morgan fingerprint density at radius 3 is 1.16 bits per heavy atom. The van der Waals surface area contributed by atoms with E-state index in [4.69, 9.17) is 4.42 Å². The molecule has 0 amide bonds. The molecular formula is C48H33NO. The van der Waals surface area contributed by atoms with Crippen molar-refractivity contribution >= 4 is 39.0 Å². The Kier molecular flexibility index (Phi) is 7.53. The van der Waals surface area contributed by atoms with Gasteiger partial charge in [-0.3, -0.25) is 0 Å². The molecule has 9 aromatic rings. The van der Waals surface area contributed by atoms with Crippen LogP contribution in [0, 0.1) is 0 Å². The summed E-state index contributed by atoms with van der Waals surface area (Å²) in [4.78, 5) is 2.31. The molecule has 1 heterocycles. The zero-order chi connectivity index (χ0) is 33.3. The second kappa shape index (κ2) is 12.8. The van der Waals surface area contributed by atoms with Gasteiger partial charge in [-0.05, 0) is 105 Å². The van der Waals surface area contributed by atoms with Crippen LogP contribution in [0.5, 0.6) is 0 Å². The highest BCUT2D eigenvalue weighted by Gasteiger charge is 2.16. The van der Waals surface area contributed by atoms with Crippen LogP contribution in [-0.2, 0) is 0 Å². The molecule has 0 saturated carbocycles. The van der Waals surface area contributed by atoms with Gasteiger partial charge in [0.05, 0.1) is 0 Å². The zero-order valence-corrected chi connectivity index (χ0v) is 27.4. The largest absolute Gasteiger partial charge is 0.456 e. The summed E-state index contributed by atoms with van der Waals surface area (Å²) in [5, 5.41) is 2.25. The predicted molar refractivity (Wildman–Crippen MR) is 210 cm³/mol. The highest BCUT2D eigenvalue weighted by atomic mass is 16.3. The first-order valence-corrected chi connectivity index (χ1v) is 17.0. The predicted octanol–water partition coefficient (Wildman–Crippen LogP) is 13.7. The highest BCUT2D eigenvalue weighted by Crippen LogP contribution is 2.40. The minimum Gasteiger partial charge on any atom is -0.456 e. The number of benzene rings is 8. The van der Waals surface area contributed by atoms with Gasteiger partial charge < -0.3 is 9.32 Å². The monoisotopic (exact) mass is 639 g/mol. The third kappa shape index (κ3) is 5.63. The van der Waals surface area contributed by atoms with Crippen LogP contribution in [0.15, 0.2) is 205 Å². The first-order chi connectivity index (χ1) is 24.8. The van der Waals surface area contributed by atoms with E-state index in [2.05, 4.69) is 193 Å². The van der Waals surface area contributed by atoms with Gasteiger partial charge in [0.15, 0.2) is 0 Å². The molecule has 0 N–H and O–H groups in total. The number of anilines is 3. The standard InChI is InChI=1S/C48H33NO/c1-4-12-34(13-5-1)37-20-24-42(25-21-37)49(44-28-29-46-45-18-10-11-19-47(45)50-48(46)33-44)43-26-22-38(23-27-43)41-31-39(35-14-6-2-7-15-35)30-40(32-41)36-16-8-3-9-17-36/h1-33H. The van der Waals surface area contributed by atoms with E-state index < -0.39 is 0 Å². The zero-order valence-electron chi connectivity index (χ0n) is 27.4. The van der Waals surface area contributed by atoms with Gasteiger partial charge in [0.1, 0.15) is 11.2 Å². The molecular weight excluding hydrogens is 607 g/mol. The second-order valence-corrected chi connectivity index (χ2v) is 12.6. The first-order valence-electron chi connectivity index (χ1n) is 17.0. The molecule has 0 aliphatic heterocycles. The van der Waals surface area contributed by atoms with Gasteiger partial charge in [0.25, 0.3) is 0 Å². The summed E-state index contributed by atoms with van der Waals surface area (Å²) in [6, 6.07) is 71.1. The first kappa shape index (κ1) is 29.5. The smallest absolute Gasteiger partial charge is 0.137 e. The Bertz CT molecular complexity index is 2490. The molecule has 8 aromatic carbocycles. The highest BCUT2D eigenvalue weighted by molar-refractivity contribution is 6.06. The summed E-state index contributed by atoms with van der Waals surface area (Å²) in [5.74, 6) is 0. The third-order valence-electron chi connectivity index (χ3n) is 9.46. The number of rotatable bonds is 7.